The van der Waals surface area contributed by atoms with Crippen LogP contribution >= 0.6 is 11.3 Å². The fourth-order valence-electron chi connectivity index (χ4n) is 2.22. The molecule has 0 amide bonds. The number of thiazole rings is 1. The molecule has 0 saturated heterocycles. The molecular weight excluding hydrogens is 264 g/mol. The zero-order valence-corrected chi connectivity index (χ0v) is 12.2. The first-order chi connectivity index (χ1) is 9.74. The maximum Gasteiger partial charge on any atom is 0.0976 e. The van der Waals surface area contributed by atoms with Crippen molar-refractivity contribution in [3.63, 3.8) is 0 Å². The van der Waals surface area contributed by atoms with Gasteiger partial charge in [0.25, 0.3) is 0 Å². The van der Waals surface area contributed by atoms with Gasteiger partial charge in [-0.1, -0.05) is 42.5 Å². The number of aryl methyl sites for hydroxylation is 1. The maximum absolute atomic E-state index is 6.00. The molecule has 3 aromatic rings. The van der Waals surface area contributed by atoms with E-state index in [2.05, 4.69) is 36.6 Å². The number of hydrogen-bond donors (Lipinski definition) is 1. The van der Waals surface area contributed by atoms with Crippen molar-refractivity contribution in [1.82, 2.24) is 4.98 Å². The summed E-state index contributed by atoms with van der Waals surface area (Å²) in [7, 11) is 0. The van der Waals surface area contributed by atoms with Crippen LogP contribution in [0.5, 0.6) is 0 Å². The van der Waals surface area contributed by atoms with Gasteiger partial charge in [-0.25, -0.2) is 4.98 Å². The fourth-order valence-corrected chi connectivity index (χ4v) is 3.03. The highest BCUT2D eigenvalue weighted by molar-refractivity contribution is 7.10. The van der Waals surface area contributed by atoms with E-state index >= 15 is 0 Å². The van der Waals surface area contributed by atoms with Gasteiger partial charge < -0.3 is 5.73 Å². The lowest BCUT2D eigenvalue weighted by atomic mass is 10.1. The second-order valence-electron chi connectivity index (χ2n) is 4.82. The monoisotopic (exact) mass is 280 g/mol. The predicted molar refractivity (Wildman–Crippen MR) is 85.9 cm³/mol. The molecule has 2 nitrogen and oxygen atoms in total. The molecule has 0 spiro atoms. The first-order valence-corrected chi connectivity index (χ1v) is 7.46. The number of rotatable bonds is 3. The van der Waals surface area contributed by atoms with Crippen LogP contribution in [0.1, 0.15) is 16.1 Å². The number of aromatic nitrogens is 1. The molecule has 0 unspecified atom stereocenters. The first kappa shape index (κ1) is 12.9. The molecule has 3 rings (SSSR count). The van der Waals surface area contributed by atoms with Crippen LogP contribution in [0.25, 0.3) is 11.3 Å². The van der Waals surface area contributed by atoms with E-state index in [4.69, 9.17) is 10.7 Å². The number of nitrogen functional groups attached to an aromatic ring is 1. The molecule has 0 aliphatic rings. The topological polar surface area (TPSA) is 38.9 Å². The minimum absolute atomic E-state index is 0.778. The van der Waals surface area contributed by atoms with Crippen LogP contribution in [0.4, 0.5) is 5.69 Å². The van der Waals surface area contributed by atoms with Gasteiger partial charge in [-0.3, -0.25) is 0 Å². The highest BCUT2D eigenvalue weighted by atomic mass is 32.1. The van der Waals surface area contributed by atoms with Crippen molar-refractivity contribution in [3.05, 3.63) is 70.0 Å². The molecule has 0 bridgehead atoms. The quantitative estimate of drug-likeness (QED) is 0.727. The Kier molecular flexibility index (Phi) is 3.52. The lowest BCUT2D eigenvalue weighted by Gasteiger charge is -2.03. The lowest BCUT2D eigenvalue weighted by Crippen LogP contribution is -1.92. The fraction of sp³-hybridized carbons (Fsp3) is 0.118. The van der Waals surface area contributed by atoms with Gasteiger partial charge in [-0.15, -0.1) is 11.3 Å². The van der Waals surface area contributed by atoms with Gasteiger partial charge >= 0.3 is 0 Å². The molecule has 100 valence electrons. The van der Waals surface area contributed by atoms with E-state index in [0.717, 1.165) is 28.4 Å². The zero-order chi connectivity index (χ0) is 13.9. The van der Waals surface area contributed by atoms with Gasteiger partial charge in [0.2, 0.25) is 0 Å². The third kappa shape index (κ3) is 2.58. The van der Waals surface area contributed by atoms with Crippen molar-refractivity contribution in [2.45, 2.75) is 13.3 Å². The van der Waals surface area contributed by atoms with E-state index in [1.165, 1.54) is 11.1 Å². The summed E-state index contributed by atoms with van der Waals surface area (Å²) >= 11 is 1.69. The van der Waals surface area contributed by atoms with E-state index in [9.17, 15) is 0 Å². The number of nitrogens with zero attached hydrogens (tertiary/aromatic N) is 1. The third-order valence-corrected chi connectivity index (χ3v) is 4.24. The summed E-state index contributed by atoms with van der Waals surface area (Å²) in [5.41, 5.74) is 11.4. The molecule has 3 heteroatoms. The predicted octanol–water partition coefficient (Wildman–Crippen LogP) is 4.29. The Bertz CT molecular complexity index is 731. The average molecular weight is 280 g/mol. The number of benzene rings is 2. The van der Waals surface area contributed by atoms with Crippen molar-refractivity contribution in [3.8, 4) is 11.3 Å². The highest BCUT2D eigenvalue weighted by Gasteiger charge is 2.08. The average Bonchev–Trinajstić information content (AvgIpc) is 2.90. The van der Waals surface area contributed by atoms with Crippen LogP contribution in [0, 0.1) is 6.92 Å². The maximum atomic E-state index is 6.00. The van der Waals surface area contributed by atoms with Gasteiger partial charge in [0.1, 0.15) is 0 Å². The number of anilines is 1. The van der Waals surface area contributed by atoms with Gasteiger partial charge in [0.15, 0.2) is 0 Å². The van der Waals surface area contributed by atoms with E-state index in [1.807, 2.05) is 24.3 Å². The van der Waals surface area contributed by atoms with E-state index in [1.54, 1.807) is 11.3 Å². The Balaban J connectivity index is 1.88. The molecule has 20 heavy (non-hydrogen) atoms. The van der Waals surface area contributed by atoms with Crippen LogP contribution in [-0.2, 0) is 6.42 Å². The molecule has 1 aromatic heterocycles. The normalized spacial score (nSPS) is 10.7. The second-order valence-corrected chi connectivity index (χ2v) is 5.76. The second kappa shape index (κ2) is 5.47. The van der Waals surface area contributed by atoms with Crippen molar-refractivity contribution in [2.75, 3.05) is 5.73 Å². The molecule has 0 atom stereocenters. The molecule has 0 aliphatic heterocycles. The van der Waals surface area contributed by atoms with Crippen LogP contribution in [0.15, 0.2) is 53.9 Å². The Morgan fingerprint density at radius 3 is 2.60 bits per heavy atom. The summed E-state index contributed by atoms with van der Waals surface area (Å²) in [6.07, 6.45) is 0.879. The SMILES string of the molecule is Cc1ccccc1Cc1nc(-c2ccccc2N)cs1. The van der Waals surface area contributed by atoms with Crippen LogP contribution < -0.4 is 5.73 Å². The molecule has 0 fully saturated rings. The van der Waals surface area contributed by atoms with Crippen LogP contribution in [0.2, 0.25) is 0 Å². The number of nitrogens with two attached hydrogens (primary N) is 1. The molecule has 0 aliphatic carbocycles. The summed E-state index contributed by atoms with van der Waals surface area (Å²) < 4.78 is 0. The standard InChI is InChI=1S/C17H16N2S/c1-12-6-2-3-7-13(12)10-17-19-16(11-20-17)14-8-4-5-9-15(14)18/h2-9,11H,10,18H2,1H3. The Hall–Kier alpha value is -2.13. The van der Waals surface area contributed by atoms with E-state index < -0.39 is 0 Å². The zero-order valence-electron chi connectivity index (χ0n) is 11.3. The van der Waals surface area contributed by atoms with Gasteiger partial charge in [0.05, 0.1) is 10.7 Å². The molecular formula is C17H16N2S. The Labute approximate surface area is 122 Å². The molecule has 1 heterocycles. The first-order valence-electron chi connectivity index (χ1n) is 6.58. The van der Waals surface area contributed by atoms with Gasteiger partial charge in [-0.05, 0) is 24.1 Å². The Morgan fingerprint density at radius 2 is 1.80 bits per heavy atom. The number of para-hydroxylation sites is 1. The lowest BCUT2D eigenvalue weighted by molar-refractivity contribution is 1.12. The van der Waals surface area contributed by atoms with Crippen molar-refractivity contribution in [1.29, 1.82) is 0 Å². The van der Waals surface area contributed by atoms with Crippen molar-refractivity contribution >= 4 is 17.0 Å². The van der Waals surface area contributed by atoms with Crippen LogP contribution in [-0.4, -0.2) is 4.98 Å². The summed E-state index contributed by atoms with van der Waals surface area (Å²) in [4.78, 5) is 4.72. The summed E-state index contributed by atoms with van der Waals surface area (Å²) in [5, 5.41) is 3.21. The van der Waals surface area contributed by atoms with Crippen molar-refractivity contribution in [2.24, 2.45) is 0 Å². The molecule has 2 N–H and O–H groups in total. The number of hydrogen-bond acceptors (Lipinski definition) is 3. The largest absolute Gasteiger partial charge is 0.398 e. The third-order valence-electron chi connectivity index (χ3n) is 3.39. The minimum Gasteiger partial charge on any atom is -0.398 e. The van der Waals surface area contributed by atoms with Gasteiger partial charge in [-0.2, -0.15) is 0 Å². The van der Waals surface area contributed by atoms with Crippen molar-refractivity contribution < 1.29 is 0 Å². The van der Waals surface area contributed by atoms with Gasteiger partial charge in [0, 0.05) is 23.1 Å². The smallest absolute Gasteiger partial charge is 0.0976 e. The molecule has 0 radical (unpaired) electrons. The van der Waals surface area contributed by atoms with Crippen LogP contribution in [0.3, 0.4) is 0 Å². The Morgan fingerprint density at radius 1 is 1.05 bits per heavy atom. The molecule has 2 aromatic carbocycles. The van der Waals surface area contributed by atoms with E-state index in [0.29, 0.717) is 0 Å². The minimum atomic E-state index is 0.778. The highest BCUT2D eigenvalue weighted by Crippen LogP contribution is 2.28. The van der Waals surface area contributed by atoms with E-state index in [-0.39, 0.29) is 0 Å². The summed E-state index contributed by atoms with van der Waals surface area (Å²) in [5.74, 6) is 0. The molecule has 0 saturated carbocycles. The summed E-state index contributed by atoms with van der Waals surface area (Å²) in [6, 6.07) is 16.3. The summed E-state index contributed by atoms with van der Waals surface area (Å²) in [6.45, 7) is 2.14.